The van der Waals surface area contributed by atoms with E-state index < -0.39 is 0 Å². The Morgan fingerprint density at radius 2 is 2.24 bits per heavy atom. The molecule has 1 fully saturated rings. The SMILES string of the molecule is NCc1cc(C(=O)N2CCCC2c2ccccc2Cl)co1. The molecule has 1 aliphatic heterocycles. The summed E-state index contributed by atoms with van der Waals surface area (Å²) in [6, 6.07) is 9.44. The molecule has 110 valence electrons. The van der Waals surface area contributed by atoms with Crippen molar-refractivity contribution in [3.8, 4) is 0 Å². The molecular weight excluding hydrogens is 288 g/mol. The molecule has 1 atom stereocenters. The highest BCUT2D eigenvalue weighted by Gasteiger charge is 2.32. The summed E-state index contributed by atoms with van der Waals surface area (Å²) in [5, 5.41) is 0.706. The number of carbonyl (C=O) groups is 1. The minimum atomic E-state index is -0.0270. The molecule has 2 aromatic rings. The molecule has 1 amide bonds. The Morgan fingerprint density at radius 3 is 2.95 bits per heavy atom. The molecule has 5 heteroatoms. The van der Waals surface area contributed by atoms with Crippen LogP contribution in [0.1, 0.15) is 40.6 Å². The number of carbonyl (C=O) groups excluding carboxylic acids is 1. The summed E-state index contributed by atoms with van der Waals surface area (Å²) in [5.41, 5.74) is 7.08. The average molecular weight is 305 g/mol. The number of hydrogen-bond acceptors (Lipinski definition) is 3. The van der Waals surface area contributed by atoms with E-state index in [4.69, 9.17) is 21.8 Å². The number of halogens is 1. The van der Waals surface area contributed by atoms with Crippen molar-refractivity contribution >= 4 is 17.5 Å². The van der Waals surface area contributed by atoms with Crippen LogP contribution in [0.4, 0.5) is 0 Å². The van der Waals surface area contributed by atoms with Crippen molar-refractivity contribution in [3.05, 3.63) is 58.5 Å². The second-order valence-corrected chi connectivity index (χ2v) is 5.59. The Balaban J connectivity index is 1.87. The van der Waals surface area contributed by atoms with Gasteiger partial charge < -0.3 is 15.1 Å². The van der Waals surface area contributed by atoms with E-state index in [2.05, 4.69) is 0 Å². The molecule has 1 aliphatic rings. The Labute approximate surface area is 128 Å². The molecule has 3 rings (SSSR count). The lowest BCUT2D eigenvalue weighted by molar-refractivity contribution is 0.0735. The molecule has 0 bridgehead atoms. The zero-order valence-electron chi connectivity index (χ0n) is 11.6. The van der Waals surface area contributed by atoms with Gasteiger partial charge in [0.1, 0.15) is 12.0 Å². The molecule has 4 nitrogen and oxygen atoms in total. The largest absolute Gasteiger partial charge is 0.467 e. The fraction of sp³-hybridized carbons (Fsp3) is 0.312. The Bertz CT molecular complexity index is 653. The molecule has 21 heavy (non-hydrogen) atoms. The standard InChI is InChI=1S/C16H17ClN2O2/c17-14-5-2-1-4-13(14)15-6-3-7-19(15)16(20)11-8-12(9-18)21-10-11/h1-2,4-5,8,10,15H,3,6-7,9,18H2. The van der Waals surface area contributed by atoms with Gasteiger partial charge in [0.15, 0.2) is 0 Å². The first-order valence-electron chi connectivity index (χ1n) is 7.03. The highest BCUT2D eigenvalue weighted by Crippen LogP contribution is 2.36. The van der Waals surface area contributed by atoms with Gasteiger partial charge in [-0.05, 0) is 30.5 Å². The summed E-state index contributed by atoms with van der Waals surface area (Å²) in [4.78, 5) is 14.5. The number of rotatable bonds is 3. The fourth-order valence-corrected chi connectivity index (χ4v) is 3.11. The monoisotopic (exact) mass is 304 g/mol. The molecule has 1 unspecified atom stereocenters. The molecule has 0 spiro atoms. The molecule has 1 saturated heterocycles. The summed E-state index contributed by atoms with van der Waals surface area (Å²) in [6.45, 7) is 1.03. The highest BCUT2D eigenvalue weighted by atomic mass is 35.5. The molecule has 1 aromatic heterocycles. The maximum Gasteiger partial charge on any atom is 0.257 e. The first kappa shape index (κ1) is 14.2. The quantitative estimate of drug-likeness (QED) is 0.945. The van der Waals surface area contributed by atoms with Crippen molar-refractivity contribution < 1.29 is 9.21 Å². The van der Waals surface area contributed by atoms with Crippen LogP contribution in [0.25, 0.3) is 0 Å². The van der Waals surface area contributed by atoms with Crippen molar-refractivity contribution in [2.45, 2.75) is 25.4 Å². The number of nitrogens with two attached hydrogens (primary N) is 1. The second kappa shape index (κ2) is 5.92. The van der Waals surface area contributed by atoms with Crippen LogP contribution in [-0.2, 0) is 6.54 Å². The number of hydrogen-bond donors (Lipinski definition) is 1. The van der Waals surface area contributed by atoms with E-state index >= 15 is 0 Å². The molecule has 2 N–H and O–H groups in total. The van der Waals surface area contributed by atoms with E-state index in [9.17, 15) is 4.79 Å². The minimum Gasteiger partial charge on any atom is -0.467 e. The van der Waals surface area contributed by atoms with Gasteiger partial charge in [-0.1, -0.05) is 29.8 Å². The zero-order chi connectivity index (χ0) is 14.8. The van der Waals surface area contributed by atoms with Crippen LogP contribution in [0.5, 0.6) is 0 Å². The smallest absolute Gasteiger partial charge is 0.257 e. The molecule has 2 heterocycles. The number of amides is 1. The Morgan fingerprint density at radius 1 is 1.43 bits per heavy atom. The topological polar surface area (TPSA) is 59.5 Å². The average Bonchev–Trinajstić information content (AvgIpc) is 3.16. The lowest BCUT2D eigenvalue weighted by atomic mass is 10.0. The van der Waals surface area contributed by atoms with Crippen LogP contribution < -0.4 is 5.73 Å². The van der Waals surface area contributed by atoms with Gasteiger partial charge in [0, 0.05) is 11.6 Å². The van der Waals surface area contributed by atoms with E-state index in [1.807, 2.05) is 29.2 Å². The van der Waals surface area contributed by atoms with Crippen LogP contribution in [0.2, 0.25) is 5.02 Å². The number of benzene rings is 1. The van der Waals surface area contributed by atoms with Gasteiger partial charge in [-0.25, -0.2) is 0 Å². The summed E-state index contributed by atoms with van der Waals surface area (Å²) in [5.74, 6) is 0.590. The van der Waals surface area contributed by atoms with Crippen LogP contribution in [-0.4, -0.2) is 17.4 Å². The van der Waals surface area contributed by atoms with E-state index in [1.54, 1.807) is 6.07 Å². The third-order valence-electron chi connectivity index (χ3n) is 3.88. The first-order chi connectivity index (χ1) is 10.2. The third-order valence-corrected chi connectivity index (χ3v) is 4.22. The Hall–Kier alpha value is -1.78. The van der Waals surface area contributed by atoms with E-state index in [1.165, 1.54) is 6.26 Å². The Kier molecular flexibility index (Phi) is 3.99. The zero-order valence-corrected chi connectivity index (χ0v) is 12.3. The van der Waals surface area contributed by atoms with E-state index in [0.29, 0.717) is 22.9 Å². The van der Waals surface area contributed by atoms with Crippen molar-refractivity contribution in [1.29, 1.82) is 0 Å². The lowest BCUT2D eigenvalue weighted by Gasteiger charge is -2.25. The predicted molar refractivity (Wildman–Crippen MR) is 81.1 cm³/mol. The van der Waals surface area contributed by atoms with Gasteiger partial charge in [-0.2, -0.15) is 0 Å². The van der Waals surface area contributed by atoms with Crippen LogP contribution in [0.3, 0.4) is 0 Å². The minimum absolute atomic E-state index is 0.0270. The maximum absolute atomic E-state index is 12.7. The van der Waals surface area contributed by atoms with Crippen molar-refractivity contribution in [3.63, 3.8) is 0 Å². The third kappa shape index (κ3) is 2.69. The van der Waals surface area contributed by atoms with Crippen LogP contribution >= 0.6 is 11.6 Å². The first-order valence-corrected chi connectivity index (χ1v) is 7.41. The normalized spacial score (nSPS) is 18.2. The lowest BCUT2D eigenvalue weighted by Crippen LogP contribution is -2.30. The molecular formula is C16H17ClN2O2. The van der Waals surface area contributed by atoms with E-state index in [-0.39, 0.29) is 11.9 Å². The number of likely N-dealkylation sites (tertiary alicyclic amines) is 1. The van der Waals surface area contributed by atoms with Crippen LogP contribution in [0.15, 0.2) is 41.0 Å². The second-order valence-electron chi connectivity index (χ2n) is 5.18. The highest BCUT2D eigenvalue weighted by molar-refractivity contribution is 6.31. The summed E-state index contributed by atoms with van der Waals surface area (Å²) in [6.07, 6.45) is 3.38. The summed E-state index contributed by atoms with van der Waals surface area (Å²) >= 11 is 6.27. The fourth-order valence-electron chi connectivity index (χ4n) is 2.84. The predicted octanol–water partition coefficient (Wildman–Crippen LogP) is 3.37. The van der Waals surface area contributed by atoms with Crippen molar-refractivity contribution in [2.24, 2.45) is 5.73 Å². The molecule has 0 saturated carbocycles. The van der Waals surface area contributed by atoms with Gasteiger partial charge in [-0.3, -0.25) is 4.79 Å². The van der Waals surface area contributed by atoms with Crippen molar-refractivity contribution in [2.75, 3.05) is 6.54 Å². The molecule has 0 aliphatic carbocycles. The summed E-state index contributed by atoms with van der Waals surface area (Å²) < 4.78 is 5.26. The van der Waals surface area contributed by atoms with Gasteiger partial charge in [0.2, 0.25) is 0 Å². The van der Waals surface area contributed by atoms with Crippen LogP contribution in [0, 0.1) is 0 Å². The van der Waals surface area contributed by atoms with E-state index in [0.717, 1.165) is 24.9 Å². The molecule has 1 aromatic carbocycles. The van der Waals surface area contributed by atoms with Gasteiger partial charge in [0.25, 0.3) is 5.91 Å². The number of furan rings is 1. The van der Waals surface area contributed by atoms with Crippen molar-refractivity contribution in [1.82, 2.24) is 4.90 Å². The molecule has 0 radical (unpaired) electrons. The number of nitrogens with zero attached hydrogens (tertiary/aromatic N) is 1. The summed E-state index contributed by atoms with van der Waals surface area (Å²) in [7, 11) is 0. The van der Waals surface area contributed by atoms with Gasteiger partial charge in [-0.15, -0.1) is 0 Å². The van der Waals surface area contributed by atoms with Gasteiger partial charge in [0.05, 0.1) is 18.2 Å². The maximum atomic E-state index is 12.7. The van der Waals surface area contributed by atoms with Gasteiger partial charge >= 0.3 is 0 Å².